The number of aliphatic carboxylic acids is 1. The van der Waals surface area contributed by atoms with Crippen LogP contribution in [0.2, 0.25) is 0 Å². The van der Waals surface area contributed by atoms with Crippen molar-refractivity contribution in [2.45, 2.75) is 52.1 Å². The Kier molecular flexibility index (Phi) is 6.89. The maximum absolute atomic E-state index is 11.6. The molecular formula is C12H23N3O4. The summed E-state index contributed by atoms with van der Waals surface area (Å²) in [7, 11) is 0. The average molecular weight is 273 g/mol. The van der Waals surface area contributed by atoms with E-state index in [-0.39, 0.29) is 12.3 Å². The quantitative estimate of drug-likeness (QED) is 0.540. The first-order valence-corrected chi connectivity index (χ1v) is 6.26. The van der Waals surface area contributed by atoms with Gasteiger partial charge in [0.1, 0.15) is 6.04 Å². The van der Waals surface area contributed by atoms with Crippen molar-refractivity contribution < 1.29 is 19.5 Å². The van der Waals surface area contributed by atoms with E-state index in [9.17, 15) is 14.4 Å². The summed E-state index contributed by atoms with van der Waals surface area (Å²) in [4.78, 5) is 33.8. The van der Waals surface area contributed by atoms with E-state index in [2.05, 4.69) is 16.0 Å². The van der Waals surface area contributed by atoms with Crippen molar-refractivity contribution in [3.05, 3.63) is 0 Å². The lowest BCUT2D eigenvalue weighted by molar-refractivity contribution is -0.138. The Labute approximate surface area is 113 Å². The summed E-state index contributed by atoms with van der Waals surface area (Å²) in [6, 6.07) is -1.24. The Morgan fingerprint density at radius 1 is 1.26 bits per heavy atom. The zero-order valence-corrected chi connectivity index (χ0v) is 11.9. The summed E-state index contributed by atoms with van der Waals surface area (Å²) >= 11 is 0. The van der Waals surface area contributed by atoms with Gasteiger partial charge in [0, 0.05) is 12.1 Å². The van der Waals surface area contributed by atoms with Gasteiger partial charge < -0.3 is 21.1 Å². The summed E-state index contributed by atoms with van der Waals surface area (Å²) in [6.07, 6.45) is 0.618. The van der Waals surface area contributed by atoms with Crippen LogP contribution >= 0.6 is 0 Å². The first-order valence-electron chi connectivity index (χ1n) is 6.26. The van der Waals surface area contributed by atoms with Gasteiger partial charge in [0.15, 0.2) is 0 Å². The molecule has 0 heterocycles. The summed E-state index contributed by atoms with van der Waals surface area (Å²) in [5, 5.41) is 16.3. The van der Waals surface area contributed by atoms with Crippen molar-refractivity contribution >= 4 is 17.9 Å². The summed E-state index contributed by atoms with van der Waals surface area (Å²) in [6.45, 7) is 7.25. The highest BCUT2D eigenvalue weighted by Crippen LogP contribution is 2.07. The number of carbonyl (C=O) groups excluding carboxylic acids is 2. The van der Waals surface area contributed by atoms with Gasteiger partial charge in [-0.1, -0.05) is 6.92 Å². The molecule has 1 unspecified atom stereocenters. The number of carboxylic acids is 1. The zero-order chi connectivity index (χ0) is 15.1. The normalized spacial score (nSPS) is 12.4. The van der Waals surface area contributed by atoms with Crippen LogP contribution in [0, 0.1) is 0 Å². The van der Waals surface area contributed by atoms with Crippen molar-refractivity contribution in [3.63, 3.8) is 0 Å². The maximum atomic E-state index is 11.6. The molecule has 0 aromatic carbocycles. The van der Waals surface area contributed by atoms with Crippen molar-refractivity contribution in [2.75, 3.05) is 6.54 Å². The molecule has 4 N–H and O–H groups in total. The minimum atomic E-state index is -1.00. The molecule has 0 aliphatic heterocycles. The van der Waals surface area contributed by atoms with Crippen LogP contribution in [0.3, 0.4) is 0 Å². The third kappa shape index (κ3) is 8.01. The number of carbonyl (C=O) groups is 3. The topological polar surface area (TPSA) is 108 Å². The second kappa shape index (κ2) is 7.60. The summed E-state index contributed by atoms with van der Waals surface area (Å²) < 4.78 is 0. The fraction of sp³-hybridized carbons (Fsp3) is 0.750. The van der Waals surface area contributed by atoms with Gasteiger partial charge >= 0.3 is 12.0 Å². The number of hydrogen-bond acceptors (Lipinski definition) is 3. The Balaban J connectivity index is 4.23. The molecule has 1 atom stereocenters. The van der Waals surface area contributed by atoms with E-state index in [1.54, 1.807) is 20.8 Å². The molecule has 0 aliphatic carbocycles. The molecule has 0 saturated carbocycles. The highest BCUT2D eigenvalue weighted by Gasteiger charge is 2.25. The number of amides is 3. The number of carboxylic acid groups (broad SMARTS) is 1. The Morgan fingerprint density at radius 3 is 2.32 bits per heavy atom. The molecule has 7 heteroatoms. The highest BCUT2D eigenvalue weighted by molar-refractivity contribution is 5.87. The third-order valence-electron chi connectivity index (χ3n) is 2.34. The predicted octanol–water partition coefficient (Wildman–Crippen LogP) is 0.454. The van der Waals surface area contributed by atoms with Crippen LogP contribution in [0.4, 0.5) is 4.79 Å². The number of urea groups is 1. The molecule has 0 rings (SSSR count). The van der Waals surface area contributed by atoms with Gasteiger partial charge in [0.05, 0.1) is 6.42 Å². The molecule has 0 fully saturated rings. The largest absolute Gasteiger partial charge is 0.481 e. The minimum Gasteiger partial charge on any atom is -0.481 e. The number of nitrogens with one attached hydrogen (secondary N) is 3. The van der Waals surface area contributed by atoms with E-state index in [0.717, 1.165) is 6.42 Å². The van der Waals surface area contributed by atoms with Gasteiger partial charge in [0.25, 0.3) is 0 Å². The number of rotatable bonds is 7. The standard InChI is InChI=1S/C12H23N3O4/c1-5-6-13-10(18)8(2)14-11(19)15-12(3,4)7-9(16)17/h8H,5-7H2,1-4H3,(H,13,18)(H,16,17)(H2,14,15,19). The van der Waals surface area contributed by atoms with Crippen molar-refractivity contribution in [1.82, 2.24) is 16.0 Å². The van der Waals surface area contributed by atoms with E-state index in [1.807, 2.05) is 6.92 Å². The fourth-order valence-corrected chi connectivity index (χ4v) is 1.43. The Morgan fingerprint density at radius 2 is 1.84 bits per heavy atom. The molecule has 110 valence electrons. The van der Waals surface area contributed by atoms with E-state index in [1.165, 1.54) is 0 Å². The van der Waals surface area contributed by atoms with Crippen LogP contribution in [-0.2, 0) is 9.59 Å². The lowest BCUT2D eigenvalue weighted by atomic mass is 10.0. The fourth-order valence-electron chi connectivity index (χ4n) is 1.43. The van der Waals surface area contributed by atoms with Crippen LogP contribution in [0.25, 0.3) is 0 Å². The lowest BCUT2D eigenvalue weighted by Crippen LogP contribution is -2.54. The van der Waals surface area contributed by atoms with Crippen LogP contribution < -0.4 is 16.0 Å². The van der Waals surface area contributed by atoms with Gasteiger partial charge in [-0.25, -0.2) is 4.79 Å². The molecule has 0 bridgehead atoms. The molecule has 0 spiro atoms. The van der Waals surface area contributed by atoms with Crippen molar-refractivity contribution in [3.8, 4) is 0 Å². The van der Waals surface area contributed by atoms with Crippen LogP contribution in [0.1, 0.15) is 40.5 Å². The molecular weight excluding hydrogens is 250 g/mol. The first kappa shape index (κ1) is 17.2. The second-order valence-corrected chi connectivity index (χ2v) is 5.07. The number of hydrogen-bond donors (Lipinski definition) is 4. The molecule has 0 radical (unpaired) electrons. The van der Waals surface area contributed by atoms with Crippen molar-refractivity contribution in [1.29, 1.82) is 0 Å². The van der Waals surface area contributed by atoms with E-state index >= 15 is 0 Å². The van der Waals surface area contributed by atoms with E-state index in [0.29, 0.717) is 6.54 Å². The van der Waals surface area contributed by atoms with Gasteiger partial charge in [-0.15, -0.1) is 0 Å². The molecule has 0 aromatic rings. The Hall–Kier alpha value is -1.79. The van der Waals surface area contributed by atoms with Gasteiger partial charge in [-0.3, -0.25) is 9.59 Å². The third-order valence-corrected chi connectivity index (χ3v) is 2.34. The van der Waals surface area contributed by atoms with Gasteiger partial charge in [-0.05, 0) is 27.2 Å². The summed E-state index contributed by atoms with van der Waals surface area (Å²) in [5.74, 6) is -1.27. The molecule has 19 heavy (non-hydrogen) atoms. The molecule has 0 saturated heterocycles. The molecule has 3 amide bonds. The smallest absolute Gasteiger partial charge is 0.315 e. The summed E-state index contributed by atoms with van der Waals surface area (Å²) in [5.41, 5.74) is -0.879. The van der Waals surface area contributed by atoms with Crippen molar-refractivity contribution in [2.24, 2.45) is 0 Å². The highest BCUT2D eigenvalue weighted by atomic mass is 16.4. The predicted molar refractivity (Wildman–Crippen MR) is 70.8 cm³/mol. The van der Waals surface area contributed by atoms with E-state index in [4.69, 9.17) is 5.11 Å². The first-order chi connectivity index (χ1) is 8.68. The van der Waals surface area contributed by atoms with Gasteiger partial charge in [0.2, 0.25) is 5.91 Å². The molecule has 0 aliphatic rings. The zero-order valence-electron chi connectivity index (χ0n) is 11.9. The van der Waals surface area contributed by atoms with E-state index < -0.39 is 23.6 Å². The molecule has 7 nitrogen and oxygen atoms in total. The lowest BCUT2D eigenvalue weighted by Gasteiger charge is -2.25. The average Bonchev–Trinajstić information content (AvgIpc) is 2.22. The van der Waals surface area contributed by atoms with Crippen LogP contribution in [-0.4, -0.2) is 41.1 Å². The van der Waals surface area contributed by atoms with Crippen LogP contribution in [0.5, 0.6) is 0 Å². The Bertz CT molecular complexity index is 342. The SMILES string of the molecule is CCCNC(=O)C(C)NC(=O)NC(C)(C)CC(=O)O. The monoisotopic (exact) mass is 273 g/mol. The maximum Gasteiger partial charge on any atom is 0.315 e. The second-order valence-electron chi connectivity index (χ2n) is 5.07. The minimum absolute atomic E-state index is 0.198. The van der Waals surface area contributed by atoms with Crippen LogP contribution in [0.15, 0.2) is 0 Å². The molecule has 0 aromatic heterocycles. The van der Waals surface area contributed by atoms with Gasteiger partial charge in [-0.2, -0.15) is 0 Å².